The van der Waals surface area contributed by atoms with Gasteiger partial charge in [-0.2, -0.15) is 0 Å². The molecule has 1 atom stereocenters. The van der Waals surface area contributed by atoms with Gasteiger partial charge in [-0.15, -0.1) is 11.8 Å². The van der Waals surface area contributed by atoms with Crippen molar-refractivity contribution in [2.45, 2.75) is 16.6 Å². The van der Waals surface area contributed by atoms with E-state index >= 15 is 0 Å². The summed E-state index contributed by atoms with van der Waals surface area (Å²) in [4.78, 5) is 11.7. The number of aliphatic carboxylic acids is 1. The number of thioether (sulfide) groups is 1. The summed E-state index contributed by atoms with van der Waals surface area (Å²) in [6.07, 6.45) is 0.604. The predicted molar refractivity (Wildman–Crippen MR) is 52.4 cm³/mol. The van der Waals surface area contributed by atoms with Crippen molar-refractivity contribution in [3.05, 3.63) is 28.8 Å². The average Bonchev–Trinajstić information content (AvgIpc) is 2.46. The Kier molecular flexibility index (Phi) is 2.22. The number of fused-ring (bicyclic) bond motifs is 1. The molecule has 0 aromatic heterocycles. The highest BCUT2D eigenvalue weighted by Gasteiger charge is 2.27. The first-order valence-corrected chi connectivity index (χ1v) is 5.10. The molecule has 1 N–H and O–H groups in total. The number of hydrogen-bond acceptors (Lipinski definition) is 2. The van der Waals surface area contributed by atoms with Gasteiger partial charge in [0.25, 0.3) is 0 Å². The molecule has 0 saturated carbocycles. The first-order chi connectivity index (χ1) is 6.16. The quantitative estimate of drug-likeness (QED) is 0.780. The molecule has 2 nitrogen and oxygen atoms in total. The van der Waals surface area contributed by atoms with Gasteiger partial charge in [-0.3, -0.25) is 4.79 Å². The monoisotopic (exact) mass is 214 g/mol. The molecule has 0 amide bonds. The van der Waals surface area contributed by atoms with E-state index in [9.17, 15) is 4.79 Å². The third-order valence-corrected chi connectivity index (χ3v) is 3.50. The first kappa shape index (κ1) is 8.91. The first-order valence-electron chi connectivity index (χ1n) is 3.85. The maximum Gasteiger partial charge on any atom is 0.317 e. The minimum absolute atomic E-state index is 0.339. The molecular formula is C9H7ClO2S. The number of carboxylic acids is 1. The van der Waals surface area contributed by atoms with Gasteiger partial charge in [0.1, 0.15) is 5.25 Å². The fourth-order valence-electron chi connectivity index (χ4n) is 1.34. The third-order valence-electron chi connectivity index (χ3n) is 1.98. The number of halogens is 1. The van der Waals surface area contributed by atoms with Crippen LogP contribution in [-0.2, 0) is 11.2 Å². The summed E-state index contributed by atoms with van der Waals surface area (Å²) in [7, 11) is 0. The van der Waals surface area contributed by atoms with Crippen LogP contribution >= 0.6 is 23.4 Å². The molecule has 13 heavy (non-hydrogen) atoms. The highest BCUT2D eigenvalue weighted by Crippen LogP contribution is 2.38. The lowest BCUT2D eigenvalue weighted by molar-refractivity contribution is -0.136. The molecule has 0 spiro atoms. The molecule has 0 fully saturated rings. The Labute approximate surface area is 84.9 Å². The molecule has 1 heterocycles. The topological polar surface area (TPSA) is 37.3 Å². The van der Waals surface area contributed by atoms with E-state index in [1.807, 2.05) is 12.1 Å². The van der Waals surface area contributed by atoms with Crippen LogP contribution in [0.5, 0.6) is 0 Å². The zero-order valence-electron chi connectivity index (χ0n) is 6.66. The van der Waals surface area contributed by atoms with Crippen molar-refractivity contribution in [1.29, 1.82) is 0 Å². The van der Waals surface area contributed by atoms with Crippen molar-refractivity contribution in [2.75, 3.05) is 0 Å². The summed E-state index contributed by atoms with van der Waals surface area (Å²) >= 11 is 7.16. The number of hydrogen-bond donors (Lipinski definition) is 1. The van der Waals surface area contributed by atoms with Crippen LogP contribution in [0.3, 0.4) is 0 Å². The highest BCUT2D eigenvalue weighted by atomic mass is 35.5. The second-order valence-electron chi connectivity index (χ2n) is 2.90. The molecular weight excluding hydrogens is 208 g/mol. The van der Waals surface area contributed by atoms with Crippen LogP contribution in [0.25, 0.3) is 0 Å². The molecule has 0 radical (unpaired) electrons. The van der Waals surface area contributed by atoms with Crippen molar-refractivity contribution in [2.24, 2.45) is 0 Å². The van der Waals surface area contributed by atoms with E-state index in [1.54, 1.807) is 6.07 Å². The fourth-order valence-corrected chi connectivity index (χ4v) is 2.74. The lowest BCUT2D eigenvalue weighted by atomic mass is 10.1. The number of rotatable bonds is 1. The molecule has 4 heteroatoms. The molecule has 1 aromatic rings. The Hall–Kier alpha value is -0.670. The van der Waals surface area contributed by atoms with Crippen LogP contribution in [0.2, 0.25) is 5.02 Å². The standard InChI is InChI=1S/C9H7ClO2S/c10-6-2-1-5-3-8(9(11)12)13-7(5)4-6/h1-2,4,8H,3H2,(H,11,12)/t8-/m1/s1. The van der Waals surface area contributed by atoms with Gasteiger partial charge in [0, 0.05) is 9.92 Å². The number of benzene rings is 1. The van der Waals surface area contributed by atoms with Gasteiger partial charge < -0.3 is 5.11 Å². The van der Waals surface area contributed by atoms with Crippen molar-refractivity contribution in [3.8, 4) is 0 Å². The van der Waals surface area contributed by atoms with Gasteiger partial charge in [0.15, 0.2) is 0 Å². The van der Waals surface area contributed by atoms with Crippen LogP contribution in [0, 0.1) is 0 Å². The predicted octanol–water partition coefficient (Wildman–Crippen LogP) is 2.44. The number of carboxylic acid groups (broad SMARTS) is 1. The fraction of sp³-hybridized carbons (Fsp3) is 0.222. The van der Waals surface area contributed by atoms with Crippen LogP contribution < -0.4 is 0 Å². The van der Waals surface area contributed by atoms with Crippen LogP contribution in [-0.4, -0.2) is 16.3 Å². The largest absolute Gasteiger partial charge is 0.480 e. The zero-order valence-corrected chi connectivity index (χ0v) is 8.23. The average molecular weight is 215 g/mol. The molecule has 68 valence electrons. The van der Waals surface area contributed by atoms with E-state index in [0.717, 1.165) is 10.5 Å². The van der Waals surface area contributed by atoms with E-state index in [4.69, 9.17) is 16.7 Å². The Morgan fingerprint density at radius 1 is 1.62 bits per heavy atom. The maximum absolute atomic E-state index is 10.7. The van der Waals surface area contributed by atoms with Crippen LogP contribution in [0.1, 0.15) is 5.56 Å². The Bertz CT molecular complexity index is 365. The summed E-state index contributed by atoms with van der Waals surface area (Å²) in [6.45, 7) is 0. The maximum atomic E-state index is 10.7. The van der Waals surface area contributed by atoms with E-state index in [2.05, 4.69) is 0 Å². The summed E-state index contributed by atoms with van der Waals surface area (Å²) in [6, 6.07) is 5.52. The van der Waals surface area contributed by atoms with Crippen molar-refractivity contribution in [3.63, 3.8) is 0 Å². The molecule has 0 aliphatic carbocycles. The molecule has 1 aromatic carbocycles. The smallest absolute Gasteiger partial charge is 0.317 e. The highest BCUT2D eigenvalue weighted by molar-refractivity contribution is 8.01. The molecule has 0 saturated heterocycles. The minimum Gasteiger partial charge on any atom is -0.480 e. The van der Waals surface area contributed by atoms with E-state index in [-0.39, 0.29) is 5.25 Å². The van der Waals surface area contributed by atoms with E-state index in [0.29, 0.717) is 11.4 Å². The van der Waals surface area contributed by atoms with Gasteiger partial charge in [-0.25, -0.2) is 0 Å². The second kappa shape index (κ2) is 3.24. The molecule has 2 rings (SSSR count). The Morgan fingerprint density at radius 2 is 2.38 bits per heavy atom. The van der Waals surface area contributed by atoms with Gasteiger partial charge >= 0.3 is 5.97 Å². The SMILES string of the molecule is O=C(O)[C@H]1Cc2ccc(Cl)cc2S1. The van der Waals surface area contributed by atoms with Gasteiger partial charge in [-0.05, 0) is 24.1 Å². The normalized spacial score (nSPS) is 19.9. The van der Waals surface area contributed by atoms with E-state index in [1.165, 1.54) is 11.8 Å². The lowest BCUT2D eigenvalue weighted by Gasteiger charge is -1.98. The second-order valence-corrected chi connectivity index (χ2v) is 4.58. The molecule has 1 aliphatic heterocycles. The van der Waals surface area contributed by atoms with Crippen LogP contribution in [0.4, 0.5) is 0 Å². The number of carbonyl (C=O) groups is 1. The summed E-state index contributed by atoms with van der Waals surface area (Å²) in [5.41, 5.74) is 1.09. The van der Waals surface area contributed by atoms with Crippen molar-refractivity contribution >= 4 is 29.3 Å². The third kappa shape index (κ3) is 1.67. The molecule has 0 bridgehead atoms. The molecule has 0 unspecified atom stereocenters. The summed E-state index contributed by atoms with van der Waals surface area (Å²) in [5, 5.41) is 9.13. The van der Waals surface area contributed by atoms with Gasteiger partial charge in [0.05, 0.1) is 0 Å². The lowest BCUT2D eigenvalue weighted by Crippen LogP contribution is -2.14. The van der Waals surface area contributed by atoms with Gasteiger partial charge in [-0.1, -0.05) is 17.7 Å². The minimum atomic E-state index is -0.752. The van der Waals surface area contributed by atoms with Crippen LogP contribution in [0.15, 0.2) is 23.1 Å². The summed E-state index contributed by atoms with van der Waals surface area (Å²) in [5.74, 6) is -0.752. The Balaban J connectivity index is 2.30. The molecule has 1 aliphatic rings. The van der Waals surface area contributed by atoms with Gasteiger partial charge in [0.2, 0.25) is 0 Å². The van der Waals surface area contributed by atoms with Crippen molar-refractivity contribution in [1.82, 2.24) is 0 Å². The van der Waals surface area contributed by atoms with E-state index < -0.39 is 5.97 Å². The Morgan fingerprint density at radius 3 is 3.08 bits per heavy atom. The zero-order chi connectivity index (χ0) is 9.42. The van der Waals surface area contributed by atoms with Crippen molar-refractivity contribution < 1.29 is 9.90 Å². The summed E-state index contributed by atoms with van der Waals surface area (Å²) < 4.78 is 0.